The lowest BCUT2D eigenvalue weighted by Crippen LogP contribution is -2.22. The average Bonchev–Trinajstić information content (AvgIpc) is 2.99. The van der Waals surface area contributed by atoms with Gasteiger partial charge in [0.2, 0.25) is 0 Å². The molecule has 5 N–H and O–H groups in total. The molecular weight excluding hydrogens is 342 g/mol. The van der Waals surface area contributed by atoms with Crippen molar-refractivity contribution in [1.29, 1.82) is 0 Å². The second-order valence-corrected chi connectivity index (χ2v) is 5.68. The van der Waals surface area contributed by atoms with Crippen LogP contribution >= 0.6 is 11.6 Å². The number of halogens is 1. The zero-order valence-corrected chi connectivity index (χ0v) is 13.7. The van der Waals surface area contributed by atoms with Crippen molar-refractivity contribution in [2.75, 3.05) is 5.32 Å². The Morgan fingerprint density at radius 1 is 1.04 bits per heavy atom. The van der Waals surface area contributed by atoms with Crippen LogP contribution in [0.4, 0.5) is 10.5 Å². The molecule has 3 rings (SSSR count). The molecule has 1 heterocycles. The Kier molecular flexibility index (Phi) is 4.40. The van der Waals surface area contributed by atoms with Gasteiger partial charge in [0.25, 0.3) is 5.91 Å². The van der Waals surface area contributed by atoms with E-state index in [0.717, 1.165) is 11.1 Å². The van der Waals surface area contributed by atoms with Crippen molar-refractivity contribution in [3.05, 3.63) is 65.4 Å². The molecule has 0 spiro atoms. The van der Waals surface area contributed by atoms with Gasteiger partial charge in [-0.25, -0.2) is 9.48 Å². The molecular formula is C17H14ClN5O2. The smallest absolute Gasteiger partial charge is 0.316 e. The molecule has 8 heteroatoms. The first-order valence-electron chi connectivity index (χ1n) is 7.26. The number of nitrogens with two attached hydrogens (primary N) is 2. The van der Waals surface area contributed by atoms with E-state index in [4.69, 9.17) is 23.1 Å². The first-order chi connectivity index (χ1) is 11.9. The summed E-state index contributed by atoms with van der Waals surface area (Å²) in [5.74, 6) is -0.767. The standard InChI is InChI=1S/C17H14ClN5O2/c18-12-6-4-10(5-7-12)11-2-1-3-13(8-11)23-9-14(21-17(20)25)15(22-23)16(19)24/h1-9H,(H2,19,24)(H3,20,21,25). The highest BCUT2D eigenvalue weighted by Crippen LogP contribution is 2.25. The van der Waals surface area contributed by atoms with Gasteiger partial charge in [-0.2, -0.15) is 5.10 Å². The van der Waals surface area contributed by atoms with Gasteiger partial charge in [0, 0.05) is 5.02 Å². The van der Waals surface area contributed by atoms with Crippen LogP contribution in [0.2, 0.25) is 5.02 Å². The molecule has 3 amide bonds. The summed E-state index contributed by atoms with van der Waals surface area (Å²) in [4.78, 5) is 22.6. The first kappa shape index (κ1) is 16.5. The fourth-order valence-electron chi connectivity index (χ4n) is 2.38. The Balaban J connectivity index is 2.02. The number of rotatable bonds is 4. The number of hydrogen-bond donors (Lipinski definition) is 3. The summed E-state index contributed by atoms with van der Waals surface area (Å²) in [6, 6.07) is 14.1. The molecule has 0 aliphatic carbocycles. The summed E-state index contributed by atoms with van der Waals surface area (Å²) in [6.07, 6.45) is 1.48. The molecule has 0 atom stereocenters. The fourth-order valence-corrected chi connectivity index (χ4v) is 2.51. The molecule has 0 bridgehead atoms. The van der Waals surface area contributed by atoms with Gasteiger partial charge in [-0.1, -0.05) is 35.9 Å². The lowest BCUT2D eigenvalue weighted by molar-refractivity contribution is 0.0996. The molecule has 1 aromatic heterocycles. The van der Waals surface area contributed by atoms with Crippen LogP contribution in [0.3, 0.4) is 0 Å². The number of primary amides is 2. The minimum Gasteiger partial charge on any atom is -0.364 e. The molecule has 0 unspecified atom stereocenters. The van der Waals surface area contributed by atoms with Gasteiger partial charge in [0.1, 0.15) is 0 Å². The van der Waals surface area contributed by atoms with E-state index in [0.29, 0.717) is 10.7 Å². The predicted molar refractivity (Wildman–Crippen MR) is 95.7 cm³/mol. The summed E-state index contributed by atoms with van der Waals surface area (Å²) in [5.41, 5.74) is 13.1. The lowest BCUT2D eigenvalue weighted by Gasteiger charge is -2.06. The monoisotopic (exact) mass is 355 g/mol. The maximum Gasteiger partial charge on any atom is 0.316 e. The third-order valence-electron chi connectivity index (χ3n) is 3.49. The summed E-state index contributed by atoms with van der Waals surface area (Å²) in [5, 5.41) is 7.12. The maximum absolute atomic E-state index is 11.5. The number of hydrogen-bond acceptors (Lipinski definition) is 3. The van der Waals surface area contributed by atoms with Crippen molar-refractivity contribution in [1.82, 2.24) is 9.78 Å². The molecule has 0 saturated carbocycles. The number of amides is 3. The zero-order valence-electron chi connectivity index (χ0n) is 12.9. The topological polar surface area (TPSA) is 116 Å². The molecule has 126 valence electrons. The number of urea groups is 1. The number of nitrogens with zero attached hydrogens (tertiary/aromatic N) is 2. The van der Waals surface area contributed by atoms with Crippen LogP contribution in [0.15, 0.2) is 54.7 Å². The van der Waals surface area contributed by atoms with Crippen molar-refractivity contribution in [2.45, 2.75) is 0 Å². The van der Waals surface area contributed by atoms with Gasteiger partial charge in [-0.15, -0.1) is 0 Å². The zero-order chi connectivity index (χ0) is 18.0. The number of anilines is 1. The van der Waals surface area contributed by atoms with E-state index in [-0.39, 0.29) is 11.4 Å². The Morgan fingerprint density at radius 2 is 1.76 bits per heavy atom. The molecule has 0 radical (unpaired) electrons. The van der Waals surface area contributed by atoms with Crippen LogP contribution in [0.5, 0.6) is 0 Å². The molecule has 0 saturated heterocycles. The van der Waals surface area contributed by atoms with Gasteiger partial charge in [-0.05, 0) is 35.4 Å². The first-order valence-corrected chi connectivity index (χ1v) is 7.64. The van der Waals surface area contributed by atoms with E-state index in [1.807, 2.05) is 36.4 Å². The summed E-state index contributed by atoms with van der Waals surface area (Å²) in [7, 11) is 0. The largest absolute Gasteiger partial charge is 0.364 e. The van der Waals surface area contributed by atoms with Crippen molar-refractivity contribution in [3.63, 3.8) is 0 Å². The molecule has 0 aliphatic heterocycles. The van der Waals surface area contributed by atoms with Crippen molar-refractivity contribution < 1.29 is 9.59 Å². The van der Waals surface area contributed by atoms with Crippen LogP contribution < -0.4 is 16.8 Å². The average molecular weight is 356 g/mol. The summed E-state index contributed by atoms with van der Waals surface area (Å²) in [6.45, 7) is 0. The van der Waals surface area contributed by atoms with Crippen LogP contribution in [0, 0.1) is 0 Å². The Morgan fingerprint density at radius 3 is 2.40 bits per heavy atom. The van der Waals surface area contributed by atoms with E-state index < -0.39 is 11.9 Å². The Labute approximate surface area is 148 Å². The summed E-state index contributed by atoms with van der Waals surface area (Å²) >= 11 is 5.92. The third-order valence-corrected chi connectivity index (χ3v) is 3.75. The highest BCUT2D eigenvalue weighted by Gasteiger charge is 2.16. The quantitative estimate of drug-likeness (QED) is 0.668. The van der Waals surface area contributed by atoms with E-state index >= 15 is 0 Å². The van der Waals surface area contributed by atoms with Crippen molar-refractivity contribution >= 4 is 29.2 Å². The maximum atomic E-state index is 11.5. The van der Waals surface area contributed by atoms with E-state index in [2.05, 4.69) is 10.4 Å². The number of carbonyl (C=O) groups is 2. The highest BCUT2D eigenvalue weighted by atomic mass is 35.5. The van der Waals surface area contributed by atoms with E-state index in [9.17, 15) is 9.59 Å². The minimum absolute atomic E-state index is 0.0734. The van der Waals surface area contributed by atoms with Crippen molar-refractivity contribution in [2.24, 2.45) is 11.5 Å². The molecule has 3 aromatic rings. The fraction of sp³-hybridized carbons (Fsp3) is 0. The number of nitrogens with one attached hydrogen (secondary N) is 1. The summed E-state index contributed by atoms with van der Waals surface area (Å²) < 4.78 is 1.45. The van der Waals surface area contributed by atoms with Crippen LogP contribution in [-0.4, -0.2) is 21.7 Å². The second kappa shape index (κ2) is 6.66. The van der Waals surface area contributed by atoms with Gasteiger partial charge in [-0.3, -0.25) is 4.79 Å². The number of aromatic nitrogens is 2. The Bertz CT molecular complexity index is 950. The van der Waals surface area contributed by atoms with Gasteiger partial charge in [0.15, 0.2) is 5.69 Å². The predicted octanol–water partition coefficient (Wildman–Crippen LogP) is 2.78. The third kappa shape index (κ3) is 3.61. The van der Waals surface area contributed by atoms with E-state index in [1.165, 1.54) is 10.9 Å². The molecule has 0 aliphatic rings. The highest BCUT2D eigenvalue weighted by molar-refractivity contribution is 6.30. The Hall–Kier alpha value is -3.32. The normalized spacial score (nSPS) is 10.4. The molecule has 25 heavy (non-hydrogen) atoms. The molecule has 0 fully saturated rings. The lowest BCUT2D eigenvalue weighted by atomic mass is 10.1. The van der Waals surface area contributed by atoms with Crippen LogP contribution in [-0.2, 0) is 0 Å². The van der Waals surface area contributed by atoms with Crippen LogP contribution in [0.25, 0.3) is 16.8 Å². The van der Waals surface area contributed by atoms with Crippen molar-refractivity contribution in [3.8, 4) is 16.8 Å². The van der Waals surface area contributed by atoms with Crippen LogP contribution in [0.1, 0.15) is 10.5 Å². The molecule has 2 aromatic carbocycles. The number of carbonyl (C=O) groups excluding carboxylic acids is 2. The van der Waals surface area contributed by atoms with Gasteiger partial charge in [0.05, 0.1) is 17.6 Å². The SMILES string of the molecule is NC(=O)Nc1cn(-c2cccc(-c3ccc(Cl)cc3)c2)nc1C(N)=O. The van der Waals surface area contributed by atoms with Gasteiger partial charge < -0.3 is 16.8 Å². The van der Waals surface area contributed by atoms with Gasteiger partial charge >= 0.3 is 6.03 Å². The number of benzene rings is 2. The minimum atomic E-state index is -0.808. The van der Waals surface area contributed by atoms with E-state index in [1.54, 1.807) is 12.1 Å². The second-order valence-electron chi connectivity index (χ2n) is 5.25. The molecule has 7 nitrogen and oxygen atoms in total.